The first-order valence-corrected chi connectivity index (χ1v) is 4.48. The molecule has 5 nitrogen and oxygen atoms in total. The van der Waals surface area contributed by atoms with E-state index in [2.05, 4.69) is 5.32 Å². The van der Waals surface area contributed by atoms with Gasteiger partial charge in [0.2, 0.25) is 5.91 Å². The van der Waals surface area contributed by atoms with Crippen LogP contribution in [-0.2, 0) is 14.3 Å². The van der Waals surface area contributed by atoms with Gasteiger partial charge >= 0.3 is 5.97 Å². The molecule has 0 aliphatic rings. The van der Waals surface area contributed by atoms with Crippen LogP contribution >= 0.6 is 0 Å². The Balaban J connectivity index is 4.24. The lowest BCUT2D eigenvalue weighted by Crippen LogP contribution is -2.52. The monoisotopic (exact) mass is 203 g/mol. The van der Waals surface area contributed by atoms with E-state index in [0.717, 1.165) is 0 Å². The summed E-state index contributed by atoms with van der Waals surface area (Å²) in [4.78, 5) is 22.0. The van der Waals surface area contributed by atoms with Crippen molar-refractivity contribution < 1.29 is 19.4 Å². The van der Waals surface area contributed by atoms with Crippen LogP contribution in [0.3, 0.4) is 0 Å². The fraction of sp³-hybridized carbons (Fsp3) is 0.778. The summed E-state index contributed by atoms with van der Waals surface area (Å²) in [6.07, 6.45) is -0.626. The summed E-state index contributed by atoms with van der Waals surface area (Å²) in [7, 11) is 0. The van der Waals surface area contributed by atoms with Gasteiger partial charge in [-0.2, -0.15) is 0 Å². The SMILES string of the molecule is CCOC(C)C(=O)NC(C)(C)C(=O)O. The number of carboxylic acids is 1. The third-order valence-electron chi connectivity index (χ3n) is 1.76. The lowest BCUT2D eigenvalue weighted by molar-refractivity contribution is -0.148. The lowest BCUT2D eigenvalue weighted by Gasteiger charge is -2.23. The summed E-state index contributed by atoms with van der Waals surface area (Å²) < 4.78 is 5.02. The van der Waals surface area contributed by atoms with Crippen molar-refractivity contribution in [3.63, 3.8) is 0 Å². The second kappa shape index (κ2) is 4.95. The minimum atomic E-state index is -1.26. The molecule has 1 unspecified atom stereocenters. The molecule has 14 heavy (non-hydrogen) atoms. The summed E-state index contributed by atoms with van der Waals surface area (Å²) in [5, 5.41) is 11.1. The van der Waals surface area contributed by atoms with Crippen molar-refractivity contribution in [1.29, 1.82) is 0 Å². The van der Waals surface area contributed by atoms with Crippen LogP contribution in [0.15, 0.2) is 0 Å². The number of carboxylic acid groups (broad SMARTS) is 1. The highest BCUT2D eigenvalue weighted by Gasteiger charge is 2.30. The van der Waals surface area contributed by atoms with Gasteiger partial charge in [0.1, 0.15) is 11.6 Å². The zero-order valence-electron chi connectivity index (χ0n) is 8.96. The Hall–Kier alpha value is -1.10. The molecule has 0 aromatic heterocycles. The van der Waals surface area contributed by atoms with Crippen LogP contribution in [0.4, 0.5) is 0 Å². The van der Waals surface area contributed by atoms with Crippen molar-refractivity contribution in [3.05, 3.63) is 0 Å². The number of carbonyl (C=O) groups is 2. The summed E-state index contributed by atoms with van der Waals surface area (Å²) in [5.74, 6) is -1.49. The van der Waals surface area contributed by atoms with Crippen LogP contribution in [0.1, 0.15) is 27.7 Å². The van der Waals surface area contributed by atoms with E-state index >= 15 is 0 Å². The van der Waals surface area contributed by atoms with Crippen LogP contribution in [0.2, 0.25) is 0 Å². The van der Waals surface area contributed by atoms with E-state index in [-0.39, 0.29) is 0 Å². The summed E-state index contributed by atoms with van der Waals surface area (Å²) in [5.41, 5.74) is -1.26. The van der Waals surface area contributed by atoms with Gasteiger partial charge in [-0.1, -0.05) is 0 Å². The molecular weight excluding hydrogens is 186 g/mol. The number of aliphatic carboxylic acids is 1. The molecule has 0 rings (SSSR count). The molecule has 0 fully saturated rings. The van der Waals surface area contributed by atoms with E-state index < -0.39 is 23.5 Å². The highest BCUT2D eigenvalue weighted by atomic mass is 16.5. The molecule has 5 heteroatoms. The van der Waals surface area contributed by atoms with Gasteiger partial charge < -0.3 is 15.2 Å². The molecule has 0 radical (unpaired) electrons. The van der Waals surface area contributed by atoms with Gasteiger partial charge in [-0.05, 0) is 27.7 Å². The summed E-state index contributed by atoms with van der Waals surface area (Å²) in [6, 6.07) is 0. The van der Waals surface area contributed by atoms with E-state index in [0.29, 0.717) is 6.61 Å². The van der Waals surface area contributed by atoms with Gasteiger partial charge in [-0.3, -0.25) is 4.79 Å². The zero-order valence-corrected chi connectivity index (χ0v) is 8.96. The highest BCUT2D eigenvalue weighted by molar-refractivity contribution is 5.88. The molecule has 0 spiro atoms. The largest absolute Gasteiger partial charge is 0.480 e. The van der Waals surface area contributed by atoms with Gasteiger partial charge in [-0.15, -0.1) is 0 Å². The molecule has 0 saturated carbocycles. The fourth-order valence-corrected chi connectivity index (χ4v) is 0.789. The summed E-state index contributed by atoms with van der Waals surface area (Å²) >= 11 is 0. The van der Waals surface area contributed by atoms with E-state index in [9.17, 15) is 9.59 Å². The lowest BCUT2D eigenvalue weighted by atomic mass is 10.1. The van der Waals surface area contributed by atoms with Crippen LogP contribution in [0.5, 0.6) is 0 Å². The molecule has 0 aliphatic heterocycles. The maximum absolute atomic E-state index is 11.4. The maximum Gasteiger partial charge on any atom is 0.328 e. The Bertz CT molecular complexity index is 225. The number of hydrogen-bond donors (Lipinski definition) is 2. The smallest absolute Gasteiger partial charge is 0.328 e. The Kier molecular flexibility index (Phi) is 4.56. The molecule has 82 valence electrons. The van der Waals surface area contributed by atoms with Crippen molar-refractivity contribution >= 4 is 11.9 Å². The molecule has 2 N–H and O–H groups in total. The molecule has 0 heterocycles. The molecular formula is C9H17NO4. The van der Waals surface area contributed by atoms with E-state index in [1.54, 1.807) is 13.8 Å². The molecule has 0 bridgehead atoms. The fourth-order valence-electron chi connectivity index (χ4n) is 0.789. The van der Waals surface area contributed by atoms with Crippen molar-refractivity contribution in [2.45, 2.75) is 39.3 Å². The third-order valence-corrected chi connectivity index (χ3v) is 1.76. The first kappa shape index (κ1) is 12.9. The van der Waals surface area contributed by atoms with Gasteiger partial charge in [-0.25, -0.2) is 4.79 Å². The van der Waals surface area contributed by atoms with Crippen molar-refractivity contribution in [2.24, 2.45) is 0 Å². The zero-order chi connectivity index (χ0) is 11.4. The standard InChI is InChI=1S/C9H17NO4/c1-5-14-6(2)7(11)10-9(3,4)8(12)13/h6H,5H2,1-4H3,(H,10,11)(H,12,13). The number of hydrogen-bond acceptors (Lipinski definition) is 3. The first-order valence-electron chi connectivity index (χ1n) is 4.48. The Morgan fingerprint density at radius 1 is 1.50 bits per heavy atom. The number of rotatable bonds is 5. The Morgan fingerprint density at radius 3 is 2.36 bits per heavy atom. The van der Waals surface area contributed by atoms with Crippen molar-refractivity contribution in [1.82, 2.24) is 5.32 Å². The number of amides is 1. The maximum atomic E-state index is 11.4. The van der Waals surface area contributed by atoms with Crippen molar-refractivity contribution in [2.75, 3.05) is 6.61 Å². The minimum absolute atomic E-state index is 0.417. The van der Waals surface area contributed by atoms with E-state index in [4.69, 9.17) is 9.84 Å². The predicted octanol–water partition coefficient (Wildman–Crippen LogP) is 0.391. The Labute approximate surface area is 83.4 Å². The third kappa shape index (κ3) is 3.74. The van der Waals surface area contributed by atoms with E-state index in [1.807, 2.05) is 0 Å². The molecule has 0 aliphatic carbocycles. The first-order chi connectivity index (χ1) is 6.31. The normalized spacial score (nSPS) is 13.4. The van der Waals surface area contributed by atoms with Gasteiger partial charge in [0.05, 0.1) is 0 Å². The topological polar surface area (TPSA) is 75.6 Å². The second-order valence-electron chi connectivity index (χ2n) is 3.52. The summed E-state index contributed by atoms with van der Waals surface area (Å²) in [6.45, 7) is 6.61. The predicted molar refractivity (Wildman–Crippen MR) is 50.9 cm³/mol. The minimum Gasteiger partial charge on any atom is -0.480 e. The molecule has 0 saturated heterocycles. The van der Waals surface area contributed by atoms with E-state index in [1.165, 1.54) is 13.8 Å². The van der Waals surface area contributed by atoms with Crippen LogP contribution in [0, 0.1) is 0 Å². The quantitative estimate of drug-likeness (QED) is 0.677. The Morgan fingerprint density at radius 2 is 2.00 bits per heavy atom. The molecule has 0 aromatic rings. The average Bonchev–Trinajstić information content (AvgIpc) is 2.03. The molecule has 1 amide bonds. The van der Waals surface area contributed by atoms with Crippen molar-refractivity contribution in [3.8, 4) is 0 Å². The average molecular weight is 203 g/mol. The second-order valence-corrected chi connectivity index (χ2v) is 3.52. The van der Waals surface area contributed by atoms with Gasteiger partial charge in [0, 0.05) is 6.61 Å². The number of ether oxygens (including phenoxy) is 1. The highest BCUT2D eigenvalue weighted by Crippen LogP contribution is 2.03. The van der Waals surface area contributed by atoms with Gasteiger partial charge in [0.15, 0.2) is 0 Å². The number of carbonyl (C=O) groups excluding carboxylic acids is 1. The number of nitrogens with one attached hydrogen (secondary N) is 1. The molecule has 1 atom stereocenters. The van der Waals surface area contributed by atoms with Gasteiger partial charge in [0.25, 0.3) is 0 Å². The molecule has 0 aromatic carbocycles. The van der Waals surface area contributed by atoms with Crippen LogP contribution in [0.25, 0.3) is 0 Å². The van der Waals surface area contributed by atoms with Crippen LogP contribution < -0.4 is 5.32 Å². The van der Waals surface area contributed by atoms with Crippen LogP contribution in [-0.4, -0.2) is 35.2 Å².